The molecule has 0 heterocycles. The first-order valence-electron chi connectivity index (χ1n) is 18.3. The summed E-state index contributed by atoms with van der Waals surface area (Å²) < 4.78 is 10.4. The Morgan fingerprint density at radius 3 is 1.48 bits per heavy atom. The third-order valence-corrected chi connectivity index (χ3v) is 9.34. The van der Waals surface area contributed by atoms with Gasteiger partial charge in [0.25, 0.3) is 0 Å². The van der Waals surface area contributed by atoms with Crippen molar-refractivity contribution in [1.29, 1.82) is 0 Å². The van der Waals surface area contributed by atoms with Gasteiger partial charge in [-0.1, -0.05) is 57.5 Å². The largest absolute Gasteiger partial charge is 0.494 e. The molecule has 0 spiro atoms. The average Bonchev–Trinajstić information content (AvgIpc) is 3.12. The topological polar surface area (TPSA) is 176 Å². The molecule has 14 heteroatoms. The molecule has 0 atom stereocenters. The van der Waals surface area contributed by atoms with Crippen molar-refractivity contribution in [3.05, 3.63) is 95.1 Å². The van der Waals surface area contributed by atoms with Crippen LogP contribution in [0.1, 0.15) is 102 Å². The quantitative estimate of drug-likeness (QED) is 0.0309. The summed E-state index contributed by atoms with van der Waals surface area (Å²) >= 11 is 6.06. The van der Waals surface area contributed by atoms with Crippen molar-refractivity contribution in [3.8, 4) is 11.5 Å². The van der Waals surface area contributed by atoms with Gasteiger partial charge in [-0.15, -0.1) is 0 Å². The van der Waals surface area contributed by atoms with Crippen molar-refractivity contribution in [2.24, 2.45) is 10.2 Å². The number of nitrogens with one attached hydrogen (secondary N) is 2. The van der Waals surface area contributed by atoms with E-state index in [-0.39, 0.29) is 40.6 Å². The van der Waals surface area contributed by atoms with Gasteiger partial charge < -0.3 is 19.7 Å². The number of aliphatic carboxylic acids is 2. The molecule has 4 N–H and O–H groups in total. The highest BCUT2D eigenvalue weighted by Gasteiger charge is 2.23. The number of hydrogen-bond donors (Lipinski definition) is 5. The minimum Gasteiger partial charge on any atom is -0.494 e. The number of ether oxygens (including phenoxy) is 2. The maximum absolute atomic E-state index is 12.4. The molecular weight excluding hydrogens is 753 g/mol. The molecule has 3 rings (SSSR count). The lowest BCUT2D eigenvalue weighted by atomic mass is 10.1. The third-order valence-electron chi connectivity index (χ3n) is 7.78. The van der Waals surface area contributed by atoms with E-state index < -0.39 is 11.9 Å². The van der Waals surface area contributed by atoms with Gasteiger partial charge in [-0.3, -0.25) is 19.2 Å². The number of thiol groups is 1. The van der Waals surface area contributed by atoms with Gasteiger partial charge in [-0.25, -0.2) is 10.9 Å². The van der Waals surface area contributed by atoms with E-state index in [4.69, 9.17) is 19.7 Å². The van der Waals surface area contributed by atoms with Gasteiger partial charge in [0.2, 0.25) is 11.8 Å². The molecule has 0 radical (unpaired) electrons. The zero-order valence-electron chi connectivity index (χ0n) is 33.4. The molecule has 2 amide bonds. The Morgan fingerprint density at radius 1 is 0.679 bits per heavy atom. The summed E-state index contributed by atoms with van der Waals surface area (Å²) in [4.78, 5) is 45.1. The number of nitrogens with zero attached hydrogens (tertiary/aromatic N) is 2. The van der Waals surface area contributed by atoms with Gasteiger partial charge in [0.15, 0.2) is 0 Å². The number of benzene rings is 3. The second-order valence-electron chi connectivity index (χ2n) is 14.4. The van der Waals surface area contributed by atoms with Crippen LogP contribution in [0.3, 0.4) is 0 Å². The summed E-state index contributed by atoms with van der Waals surface area (Å²) in [6.45, 7) is 14.3. The van der Waals surface area contributed by atoms with E-state index in [0.29, 0.717) is 55.4 Å². The number of carboxylic acid groups (broad SMARTS) is 2. The molecule has 3 aromatic rings. The van der Waals surface area contributed by atoms with E-state index in [9.17, 15) is 19.2 Å². The number of hydrazone groups is 2. The highest BCUT2D eigenvalue weighted by Crippen LogP contribution is 2.31. The number of carbonyl (C=O) groups excluding carboxylic acids is 2. The maximum atomic E-state index is 12.4. The summed E-state index contributed by atoms with van der Waals surface area (Å²) in [6.07, 6.45) is 1.74. The Labute approximate surface area is 340 Å². The number of carbonyl (C=O) groups is 4. The molecule has 0 bridgehead atoms. The van der Waals surface area contributed by atoms with Crippen molar-refractivity contribution >= 4 is 59.6 Å². The van der Waals surface area contributed by atoms with Gasteiger partial charge >= 0.3 is 11.9 Å². The number of rotatable bonds is 21. The minimum atomic E-state index is -0.830. The second-order valence-corrected chi connectivity index (χ2v) is 17.3. The van der Waals surface area contributed by atoms with Crippen LogP contribution in [0.5, 0.6) is 11.5 Å². The van der Waals surface area contributed by atoms with Gasteiger partial charge in [-0.2, -0.15) is 34.6 Å². The molecule has 56 heavy (non-hydrogen) atoms. The average molecular weight is 809 g/mol. The lowest BCUT2D eigenvalue weighted by molar-refractivity contribution is -0.138. The number of thioether (sulfide) groups is 1. The summed E-state index contributed by atoms with van der Waals surface area (Å²) in [5, 5.41) is 25.5. The van der Waals surface area contributed by atoms with Crippen LogP contribution in [-0.2, 0) is 24.9 Å². The van der Waals surface area contributed by atoms with Crippen molar-refractivity contribution in [1.82, 2.24) is 10.9 Å². The van der Waals surface area contributed by atoms with E-state index in [1.807, 2.05) is 57.2 Å². The molecule has 0 unspecified atom stereocenters. The first-order valence-corrected chi connectivity index (χ1v) is 19.7. The molecule has 0 aliphatic rings. The smallest absolute Gasteiger partial charge is 0.303 e. The molecule has 0 saturated heterocycles. The van der Waals surface area contributed by atoms with Crippen molar-refractivity contribution < 1.29 is 38.9 Å². The summed E-state index contributed by atoms with van der Waals surface area (Å²) in [5.41, 5.74) is 10.8. The van der Waals surface area contributed by atoms with Gasteiger partial charge in [0, 0.05) is 40.9 Å². The van der Waals surface area contributed by atoms with Gasteiger partial charge in [0.05, 0.1) is 24.6 Å². The van der Waals surface area contributed by atoms with Crippen LogP contribution in [0.2, 0.25) is 0 Å². The molecule has 12 nitrogen and oxygen atoms in total. The first-order chi connectivity index (χ1) is 26.3. The highest BCUT2D eigenvalue weighted by molar-refractivity contribution is 7.99. The summed E-state index contributed by atoms with van der Waals surface area (Å²) in [6, 6.07) is 23.0. The molecule has 0 aliphatic heterocycles. The summed E-state index contributed by atoms with van der Waals surface area (Å²) in [5.74, 6) is 0.223. The molecule has 0 saturated carbocycles. The fourth-order valence-corrected chi connectivity index (χ4v) is 5.83. The minimum absolute atomic E-state index is 0.0881. The normalized spacial score (nSPS) is 11.9. The monoisotopic (exact) mass is 808 g/mol. The fourth-order valence-electron chi connectivity index (χ4n) is 4.71. The Kier molecular flexibility index (Phi) is 20.2. The predicted octanol–water partition coefficient (Wildman–Crippen LogP) is 8.05. The first kappa shape index (κ1) is 47.3. The Morgan fingerprint density at radius 2 is 1.09 bits per heavy atom. The van der Waals surface area contributed by atoms with Crippen molar-refractivity contribution in [2.45, 2.75) is 102 Å². The number of amides is 2. The maximum Gasteiger partial charge on any atom is 0.303 e. The SMILES string of the molecule is C/C(=N\NC(=O)CC(C)(C)S)c1ccc(OCCCC(=O)O)cc1.C/C(=N\NC(=O)CC(C)(C)SCc1ccc(C)cc1)c1ccc(OCCCC(=O)O)cc1. The van der Waals surface area contributed by atoms with Crippen LogP contribution in [-0.4, -0.2) is 68.1 Å². The zero-order chi connectivity index (χ0) is 41.7. The van der Waals surface area contributed by atoms with Gasteiger partial charge in [0.1, 0.15) is 11.5 Å². The van der Waals surface area contributed by atoms with Crippen molar-refractivity contribution in [2.75, 3.05) is 13.2 Å². The molecular formula is C42H56N4O8S2. The van der Waals surface area contributed by atoms with E-state index in [0.717, 1.165) is 16.9 Å². The Balaban J connectivity index is 0.000000404. The fraction of sp³-hybridized carbons (Fsp3) is 0.429. The molecule has 304 valence electrons. The third kappa shape index (κ3) is 21.3. The van der Waals surface area contributed by atoms with Crippen LogP contribution < -0.4 is 20.3 Å². The Hall–Kier alpha value is -4.82. The second kappa shape index (κ2) is 24.0. The van der Waals surface area contributed by atoms with E-state index in [1.54, 1.807) is 30.8 Å². The number of hydrogen-bond acceptors (Lipinski definition) is 10. The molecule has 0 fully saturated rings. The zero-order valence-corrected chi connectivity index (χ0v) is 35.1. The summed E-state index contributed by atoms with van der Waals surface area (Å²) in [7, 11) is 0. The van der Waals surface area contributed by atoms with E-state index in [1.165, 1.54) is 11.1 Å². The lowest BCUT2D eigenvalue weighted by Crippen LogP contribution is -2.28. The predicted molar refractivity (Wildman–Crippen MR) is 227 cm³/mol. The number of aryl methyl sites for hydroxylation is 1. The standard InChI is InChI=1S/C25H32N2O4S.C17H24N2O4S/c1-18-7-9-20(10-8-18)17-32-25(3,4)16-23(28)27-26-19(2)21-11-13-22(14-12-21)31-15-5-6-24(29)30;1-12(18-19-15(20)11-17(2,3)24)13-6-8-14(9-7-13)23-10-4-5-16(21)22/h7-14H,5-6,15-17H2,1-4H3,(H,27,28)(H,29,30);6-9,24H,4-5,10-11H2,1-3H3,(H,19,20)(H,21,22)/b26-19+;18-12+. The van der Waals surface area contributed by atoms with Crippen LogP contribution in [0, 0.1) is 6.92 Å². The van der Waals surface area contributed by atoms with Crippen LogP contribution in [0.25, 0.3) is 0 Å². The van der Waals surface area contributed by atoms with E-state index >= 15 is 0 Å². The molecule has 3 aromatic carbocycles. The molecule has 0 aromatic heterocycles. The molecule has 0 aliphatic carbocycles. The van der Waals surface area contributed by atoms with Crippen LogP contribution in [0.4, 0.5) is 0 Å². The van der Waals surface area contributed by atoms with Crippen LogP contribution in [0.15, 0.2) is 83.0 Å². The van der Waals surface area contributed by atoms with E-state index in [2.05, 4.69) is 78.7 Å². The van der Waals surface area contributed by atoms with Crippen molar-refractivity contribution in [3.63, 3.8) is 0 Å². The van der Waals surface area contributed by atoms with Crippen LogP contribution >= 0.6 is 24.4 Å². The highest BCUT2D eigenvalue weighted by atomic mass is 32.2. The van der Waals surface area contributed by atoms with Gasteiger partial charge in [-0.05, 0) is 98.8 Å². The Bertz CT molecular complexity index is 1770. The lowest BCUT2D eigenvalue weighted by Gasteiger charge is -2.23. The number of carboxylic acids is 2.